The van der Waals surface area contributed by atoms with Gasteiger partial charge in [-0.05, 0) is 32.4 Å². The minimum absolute atomic E-state index is 0.447. The summed E-state index contributed by atoms with van der Waals surface area (Å²) in [6.45, 7) is 7.27. The largest absolute Gasteiger partial charge is 0.319 e. The lowest BCUT2D eigenvalue weighted by Gasteiger charge is -2.42. The fourth-order valence-corrected chi connectivity index (χ4v) is 2.42. The minimum atomic E-state index is 0.447. The van der Waals surface area contributed by atoms with Crippen LogP contribution in [0, 0.1) is 6.92 Å². The quantitative estimate of drug-likeness (QED) is 0.818. The van der Waals surface area contributed by atoms with E-state index in [9.17, 15) is 0 Å². The number of benzene rings is 1. The monoisotopic (exact) mass is 219 g/mol. The molecule has 0 radical (unpaired) electrons. The maximum absolute atomic E-state index is 3.32. The first kappa shape index (κ1) is 13.2. The van der Waals surface area contributed by atoms with Crippen molar-refractivity contribution in [3.8, 4) is 0 Å². The highest BCUT2D eigenvalue weighted by Crippen LogP contribution is 2.43. The van der Waals surface area contributed by atoms with Crippen LogP contribution < -0.4 is 5.32 Å². The summed E-state index contributed by atoms with van der Waals surface area (Å²) in [6, 6.07) is 9.05. The van der Waals surface area contributed by atoms with Gasteiger partial charge in [-0.15, -0.1) is 0 Å². The summed E-state index contributed by atoms with van der Waals surface area (Å²) in [6.07, 6.45) is 4.07. The molecule has 16 heavy (non-hydrogen) atoms. The predicted molar refractivity (Wildman–Crippen MR) is 72.0 cm³/mol. The Hall–Kier alpha value is -0.820. The van der Waals surface area contributed by atoms with Crippen molar-refractivity contribution in [2.45, 2.75) is 45.4 Å². The van der Waals surface area contributed by atoms with Gasteiger partial charge in [0.2, 0.25) is 0 Å². The normalized spacial score (nSPS) is 17.0. The van der Waals surface area contributed by atoms with Crippen molar-refractivity contribution in [3.63, 3.8) is 0 Å². The average molecular weight is 219 g/mol. The molecule has 0 aliphatic heterocycles. The van der Waals surface area contributed by atoms with Gasteiger partial charge in [0, 0.05) is 12.0 Å². The molecule has 1 aliphatic carbocycles. The van der Waals surface area contributed by atoms with Gasteiger partial charge in [-0.3, -0.25) is 0 Å². The van der Waals surface area contributed by atoms with Gasteiger partial charge in [0.15, 0.2) is 0 Å². The van der Waals surface area contributed by atoms with Crippen molar-refractivity contribution in [2.24, 2.45) is 0 Å². The van der Waals surface area contributed by atoms with Gasteiger partial charge >= 0.3 is 0 Å². The first-order chi connectivity index (χ1) is 7.77. The van der Waals surface area contributed by atoms with Crippen molar-refractivity contribution < 1.29 is 0 Å². The lowest BCUT2D eigenvalue weighted by atomic mass is 9.64. The molecule has 1 heteroatoms. The molecule has 1 fully saturated rings. The summed E-state index contributed by atoms with van der Waals surface area (Å²) in [4.78, 5) is 0. The van der Waals surface area contributed by atoms with E-state index in [4.69, 9.17) is 0 Å². The molecule has 1 aromatic carbocycles. The lowest BCUT2D eigenvalue weighted by molar-refractivity contribution is 0.239. The molecule has 0 heterocycles. The van der Waals surface area contributed by atoms with Crippen LogP contribution in [0.5, 0.6) is 0 Å². The summed E-state index contributed by atoms with van der Waals surface area (Å²) >= 11 is 0. The summed E-state index contributed by atoms with van der Waals surface area (Å²) < 4.78 is 0. The van der Waals surface area contributed by atoms with E-state index >= 15 is 0 Å². The molecule has 1 nitrogen and oxygen atoms in total. The van der Waals surface area contributed by atoms with Crippen LogP contribution in [0.25, 0.3) is 0 Å². The molecule has 0 unspecified atom stereocenters. The highest BCUT2D eigenvalue weighted by molar-refractivity contribution is 5.31. The Balaban J connectivity index is 0.000000606. The second-order valence-corrected chi connectivity index (χ2v) is 4.53. The van der Waals surface area contributed by atoms with Crippen LogP contribution >= 0.6 is 0 Å². The molecule has 0 amide bonds. The molecule has 1 saturated carbocycles. The molecule has 2 rings (SSSR count). The Bertz CT molecular complexity index is 296. The van der Waals surface area contributed by atoms with Crippen molar-refractivity contribution >= 4 is 0 Å². The van der Waals surface area contributed by atoms with E-state index in [1.54, 1.807) is 0 Å². The van der Waals surface area contributed by atoms with Gasteiger partial charge in [0.25, 0.3) is 0 Å². The number of hydrogen-bond donors (Lipinski definition) is 1. The smallest absolute Gasteiger partial charge is 0.00776 e. The average Bonchev–Trinajstić information content (AvgIpc) is 2.28. The second kappa shape index (κ2) is 6.05. The maximum atomic E-state index is 3.32. The fraction of sp³-hybridized carbons (Fsp3) is 0.600. The topological polar surface area (TPSA) is 12.0 Å². The predicted octanol–water partition coefficient (Wildman–Crippen LogP) is 3.66. The van der Waals surface area contributed by atoms with Crippen LogP contribution in [0.4, 0.5) is 0 Å². The third-order valence-electron chi connectivity index (χ3n) is 3.49. The van der Waals surface area contributed by atoms with Crippen LogP contribution in [-0.4, -0.2) is 13.6 Å². The zero-order valence-corrected chi connectivity index (χ0v) is 11.1. The second-order valence-electron chi connectivity index (χ2n) is 4.53. The van der Waals surface area contributed by atoms with Gasteiger partial charge in [-0.1, -0.05) is 50.1 Å². The molecule has 90 valence electrons. The van der Waals surface area contributed by atoms with E-state index in [2.05, 4.69) is 36.5 Å². The summed E-state index contributed by atoms with van der Waals surface area (Å²) in [5.74, 6) is 0. The first-order valence-corrected chi connectivity index (χ1v) is 6.49. The number of likely N-dealkylation sites (N-methyl/N-ethyl adjacent to an activating group) is 1. The zero-order valence-electron chi connectivity index (χ0n) is 11.1. The van der Waals surface area contributed by atoms with E-state index in [1.165, 1.54) is 30.4 Å². The molecule has 1 aromatic rings. The van der Waals surface area contributed by atoms with Crippen molar-refractivity contribution in [1.82, 2.24) is 5.32 Å². The summed E-state index contributed by atoms with van der Waals surface area (Å²) in [7, 11) is 2.05. The number of nitrogens with one attached hydrogen (secondary N) is 1. The van der Waals surface area contributed by atoms with Gasteiger partial charge in [-0.2, -0.15) is 0 Å². The molecule has 0 aromatic heterocycles. The molecular weight excluding hydrogens is 194 g/mol. The fourth-order valence-electron chi connectivity index (χ4n) is 2.42. The number of rotatable bonds is 3. The molecule has 1 aliphatic rings. The molecule has 0 bridgehead atoms. The highest BCUT2D eigenvalue weighted by atomic mass is 14.8. The molecule has 0 saturated heterocycles. The third-order valence-corrected chi connectivity index (χ3v) is 3.49. The Morgan fingerprint density at radius 2 is 1.69 bits per heavy atom. The Morgan fingerprint density at radius 3 is 2.06 bits per heavy atom. The molecular formula is C15H25N. The van der Waals surface area contributed by atoms with E-state index in [-0.39, 0.29) is 0 Å². The summed E-state index contributed by atoms with van der Waals surface area (Å²) in [5, 5.41) is 3.32. The van der Waals surface area contributed by atoms with Crippen LogP contribution in [0.1, 0.15) is 44.2 Å². The Morgan fingerprint density at radius 1 is 1.12 bits per heavy atom. The van der Waals surface area contributed by atoms with E-state index in [0.717, 1.165) is 6.54 Å². The van der Waals surface area contributed by atoms with Gasteiger partial charge in [-0.25, -0.2) is 0 Å². The number of aryl methyl sites for hydroxylation is 1. The van der Waals surface area contributed by atoms with E-state index in [0.29, 0.717) is 5.41 Å². The first-order valence-electron chi connectivity index (χ1n) is 6.49. The van der Waals surface area contributed by atoms with Crippen LogP contribution in [0.2, 0.25) is 0 Å². The Kier molecular flexibility index (Phi) is 5.01. The van der Waals surface area contributed by atoms with Gasteiger partial charge in [0.05, 0.1) is 0 Å². The molecule has 1 N–H and O–H groups in total. The summed E-state index contributed by atoms with van der Waals surface area (Å²) in [5.41, 5.74) is 3.32. The third kappa shape index (κ3) is 2.65. The SMILES string of the molecule is CC.CNCC1(c2ccc(C)cc2)CCC1. The van der Waals surface area contributed by atoms with Crippen molar-refractivity contribution in [2.75, 3.05) is 13.6 Å². The van der Waals surface area contributed by atoms with Crippen LogP contribution in [-0.2, 0) is 5.41 Å². The number of hydrogen-bond acceptors (Lipinski definition) is 1. The highest BCUT2D eigenvalue weighted by Gasteiger charge is 2.37. The standard InChI is InChI=1S/C13H19N.C2H6/c1-11-4-6-12(7-5-11)13(10-14-2)8-3-9-13;1-2/h4-7,14H,3,8-10H2,1-2H3;1-2H3. The molecule has 0 spiro atoms. The van der Waals surface area contributed by atoms with Crippen molar-refractivity contribution in [1.29, 1.82) is 0 Å². The molecule has 0 atom stereocenters. The minimum Gasteiger partial charge on any atom is -0.319 e. The van der Waals surface area contributed by atoms with E-state index < -0.39 is 0 Å². The van der Waals surface area contributed by atoms with Gasteiger partial charge in [0.1, 0.15) is 0 Å². The van der Waals surface area contributed by atoms with Crippen LogP contribution in [0.15, 0.2) is 24.3 Å². The zero-order chi connectivity index (χ0) is 12.0. The Labute approximate surface area is 100 Å². The van der Waals surface area contributed by atoms with Crippen molar-refractivity contribution in [3.05, 3.63) is 35.4 Å². The van der Waals surface area contributed by atoms with Crippen LogP contribution in [0.3, 0.4) is 0 Å². The maximum Gasteiger partial charge on any atom is 0.00776 e. The lowest BCUT2D eigenvalue weighted by Crippen LogP contribution is -2.42. The van der Waals surface area contributed by atoms with E-state index in [1.807, 2.05) is 20.9 Å². The van der Waals surface area contributed by atoms with Gasteiger partial charge < -0.3 is 5.32 Å².